The maximum atomic E-state index is 13.6. The van der Waals surface area contributed by atoms with Crippen LogP contribution >= 0.6 is 0 Å². The molecule has 168 valence electrons. The summed E-state index contributed by atoms with van der Waals surface area (Å²) in [5, 5.41) is 0. The van der Waals surface area contributed by atoms with Crippen LogP contribution < -0.4 is 0 Å². The molecule has 2 aromatic carbocycles. The highest BCUT2D eigenvalue weighted by atomic mass is 16.5. The first-order valence-corrected chi connectivity index (χ1v) is 11.3. The van der Waals surface area contributed by atoms with Gasteiger partial charge in [-0.3, -0.25) is 4.79 Å². The smallest absolute Gasteiger partial charge is 0.290 e. The highest BCUT2D eigenvalue weighted by Crippen LogP contribution is 2.44. The summed E-state index contributed by atoms with van der Waals surface area (Å²) in [7, 11) is 3.64. The normalized spacial score (nSPS) is 16.6. The Morgan fingerprint density at radius 3 is 1.94 bits per heavy atom. The van der Waals surface area contributed by atoms with Crippen LogP contribution in [-0.2, 0) is 17.4 Å². The third kappa shape index (κ3) is 3.75. The number of amides is 1. The number of imidazole rings is 1. The molecule has 0 bridgehead atoms. The molecular formula is C27H33N3O2. The lowest BCUT2D eigenvalue weighted by Gasteiger charge is -2.43. The lowest BCUT2D eigenvalue weighted by Crippen LogP contribution is -2.52. The lowest BCUT2D eigenvalue weighted by molar-refractivity contribution is -0.0365. The molecular weight excluding hydrogens is 398 g/mol. The van der Waals surface area contributed by atoms with E-state index in [0.717, 1.165) is 24.0 Å². The van der Waals surface area contributed by atoms with E-state index in [-0.39, 0.29) is 11.9 Å². The SMILES string of the molecule is COC(c1cc(C)cc(C)c1)(c1cc(C)cc(C)c1)[C@@H]1CCCN1C(=O)c1nccn1C. The zero-order valence-corrected chi connectivity index (χ0v) is 20.0. The zero-order chi connectivity index (χ0) is 23.0. The summed E-state index contributed by atoms with van der Waals surface area (Å²) in [6, 6.07) is 13.0. The van der Waals surface area contributed by atoms with Crippen LogP contribution in [0.1, 0.15) is 56.8 Å². The molecule has 0 N–H and O–H groups in total. The van der Waals surface area contributed by atoms with Crippen LogP contribution in [0.2, 0.25) is 0 Å². The van der Waals surface area contributed by atoms with Gasteiger partial charge in [0.25, 0.3) is 5.91 Å². The van der Waals surface area contributed by atoms with Gasteiger partial charge in [0.05, 0.1) is 6.04 Å². The molecule has 4 rings (SSSR count). The Kier molecular flexibility index (Phi) is 5.95. The third-order valence-electron chi connectivity index (χ3n) is 6.62. The van der Waals surface area contributed by atoms with Crippen molar-refractivity contribution in [1.29, 1.82) is 0 Å². The second-order valence-electron chi connectivity index (χ2n) is 9.21. The molecule has 5 heteroatoms. The van der Waals surface area contributed by atoms with Crippen molar-refractivity contribution in [3.05, 3.63) is 88.0 Å². The van der Waals surface area contributed by atoms with Gasteiger partial charge in [-0.15, -0.1) is 0 Å². The van der Waals surface area contributed by atoms with Gasteiger partial charge in [-0.2, -0.15) is 0 Å². The Morgan fingerprint density at radius 2 is 1.50 bits per heavy atom. The zero-order valence-electron chi connectivity index (χ0n) is 20.0. The van der Waals surface area contributed by atoms with Crippen LogP contribution in [0.25, 0.3) is 0 Å². The number of aromatic nitrogens is 2. The first kappa shape index (κ1) is 22.3. The van der Waals surface area contributed by atoms with Crippen LogP contribution in [0.3, 0.4) is 0 Å². The van der Waals surface area contributed by atoms with Gasteiger partial charge in [0, 0.05) is 33.1 Å². The lowest BCUT2D eigenvalue weighted by atomic mass is 9.77. The fourth-order valence-electron chi connectivity index (χ4n) is 5.43. The van der Waals surface area contributed by atoms with Crippen molar-refractivity contribution in [2.24, 2.45) is 7.05 Å². The Labute approximate surface area is 191 Å². The van der Waals surface area contributed by atoms with Crippen LogP contribution in [0.4, 0.5) is 0 Å². The van der Waals surface area contributed by atoms with E-state index < -0.39 is 5.60 Å². The van der Waals surface area contributed by atoms with Crippen molar-refractivity contribution < 1.29 is 9.53 Å². The number of benzene rings is 2. The standard InChI is InChI=1S/C27H33N3O2/c1-18-12-19(2)15-22(14-18)27(32-6,23-16-20(3)13-21(4)17-23)24-8-7-10-30(24)26(31)25-28-9-11-29(25)5/h9,11-17,24H,7-8,10H2,1-6H3/t24-/m0/s1. The first-order valence-electron chi connectivity index (χ1n) is 11.3. The second kappa shape index (κ2) is 8.55. The van der Waals surface area contributed by atoms with E-state index in [4.69, 9.17) is 4.74 Å². The minimum atomic E-state index is -0.773. The number of carbonyl (C=O) groups excluding carboxylic acids is 1. The molecule has 0 radical (unpaired) electrons. The second-order valence-corrected chi connectivity index (χ2v) is 9.21. The molecule has 0 spiro atoms. The van der Waals surface area contributed by atoms with E-state index in [1.54, 1.807) is 17.9 Å². The van der Waals surface area contributed by atoms with Gasteiger partial charge in [0.1, 0.15) is 5.60 Å². The Morgan fingerprint density at radius 1 is 0.969 bits per heavy atom. The molecule has 0 aliphatic carbocycles. The van der Waals surface area contributed by atoms with Crippen molar-refractivity contribution in [1.82, 2.24) is 14.5 Å². The molecule has 0 saturated carbocycles. The molecule has 1 saturated heterocycles. The van der Waals surface area contributed by atoms with E-state index in [2.05, 4.69) is 69.1 Å². The topological polar surface area (TPSA) is 47.4 Å². The molecule has 0 unspecified atom stereocenters. The van der Waals surface area contributed by atoms with E-state index in [1.807, 2.05) is 18.1 Å². The van der Waals surface area contributed by atoms with Gasteiger partial charge in [0.15, 0.2) is 5.82 Å². The number of nitrogens with zero attached hydrogens (tertiary/aromatic N) is 3. The van der Waals surface area contributed by atoms with Gasteiger partial charge < -0.3 is 14.2 Å². The quantitative estimate of drug-likeness (QED) is 0.580. The summed E-state index contributed by atoms with van der Waals surface area (Å²) in [5.41, 5.74) is 6.15. The maximum Gasteiger partial charge on any atom is 0.290 e. The molecule has 1 aliphatic heterocycles. The van der Waals surface area contributed by atoms with Gasteiger partial charge in [0.2, 0.25) is 0 Å². The van der Waals surface area contributed by atoms with E-state index in [9.17, 15) is 4.79 Å². The van der Waals surface area contributed by atoms with Crippen molar-refractivity contribution in [3.8, 4) is 0 Å². The van der Waals surface area contributed by atoms with Gasteiger partial charge in [-0.05, 0) is 51.7 Å². The van der Waals surface area contributed by atoms with E-state index in [1.165, 1.54) is 22.3 Å². The fraction of sp³-hybridized carbons (Fsp3) is 0.407. The highest BCUT2D eigenvalue weighted by molar-refractivity contribution is 5.91. The molecule has 2 heterocycles. The summed E-state index contributed by atoms with van der Waals surface area (Å²) in [6.45, 7) is 9.15. The molecule has 5 nitrogen and oxygen atoms in total. The molecule has 32 heavy (non-hydrogen) atoms. The Balaban J connectivity index is 1.94. The largest absolute Gasteiger partial charge is 0.367 e. The van der Waals surface area contributed by atoms with Crippen molar-refractivity contribution in [2.75, 3.05) is 13.7 Å². The summed E-state index contributed by atoms with van der Waals surface area (Å²) in [4.78, 5) is 19.9. The monoisotopic (exact) mass is 431 g/mol. The average Bonchev–Trinajstić information content (AvgIpc) is 3.37. The third-order valence-corrected chi connectivity index (χ3v) is 6.62. The van der Waals surface area contributed by atoms with Gasteiger partial charge in [-0.1, -0.05) is 58.7 Å². The summed E-state index contributed by atoms with van der Waals surface area (Å²) >= 11 is 0. The number of methoxy groups -OCH3 is 1. The molecule has 1 aromatic heterocycles. The number of rotatable bonds is 5. The van der Waals surface area contributed by atoms with Crippen molar-refractivity contribution in [2.45, 2.75) is 52.2 Å². The van der Waals surface area contributed by atoms with Crippen molar-refractivity contribution >= 4 is 5.91 Å². The number of hydrogen-bond acceptors (Lipinski definition) is 3. The number of carbonyl (C=O) groups is 1. The van der Waals surface area contributed by atoms with E-state index in [0.29, 0.717) is 12.4 Å². The van der Waals surface area contributed by atoms with Gasteiger partial charge in [-0.25, -0.2) is 4.98 Å². The molecule has 1 fully saturated rings. The Bertz CT molecular complexity index is 1060. The summed E-state index contributed by atoms with van der Waals surface area (Å²) < 4.78 is 8.31. The van der Waals surface area contributed by atoms with Crippen LogP contribution in [0, 0.1) is 27.7 Å². The molecule has 3 aromatic rings. The maximum absolute atomic E-state index is 13.6. The Hall–Kier alpha value is -2.92. The highest BCUT2D eigenvalue weighted by Gasteiger charge is 2.49. The molecule has 1 amide bonds. The first-order chi connectivity index (χ1) is 15.3. The number of likely N-dealkylation sites (tertiary alicyclic amines) is 1. The number of aryl methyl sites for hydroxylation is 5. The van der Waals surface area contributed by atoms with Crippen LogP contribution in [-0.4, -0.2) is 40.1 Å². The summed E-state index contributed by atoms with van der Waals surface area (Å²) in [5.74, 6) is 0.415. The van der Waals surface area contributed by atoms with E-state index >= 15 is 0 Å². The number of hydrogen-bond donors (Lipinski definition) is 0. The summed E-state index contributed by atoms with van der Waals surface area (Å²) in [6.07, 6.45) is 5.29. The van der Waals surface area contributed by atoms with Crippen LogP contribution in [0.15, 0.2) is 48.8 Å². The van der Waals surface area contributed by atoms with Crippen LogP contribution in [0.5, 0.6) is 0 Å². The molecule has 1 atom stereocenters. The predicted molar refractivity (Wildman–Crippen MR) is 127 cm³/mol. The number of ether oxygens (including phenoxy) is 1. The minimum Gasteiger partial charge on any atom is -0.367 e. The molecule has 1 aliphatic rings. The average molecular weight is 432 g/mol. The predicted octanol–water partition coefficient (Wildman–Crippen LogP) is 4.85. The van der Waals surface area contributed by atoms with Gasteiger partial charge >= 0.3 is 0 Å². The fourth-order valence-corrected chi connectivity index (χ4v) is 5.43. The minimum absolute atomic E-state index is 0.0461. The van der Waals surface area contributed by atoms with Crippen molar-refractivity contribution in [3.63, 3.8) is 0 Å².